The molecule has 0 spiro atoms. The van der Waals surface area contributed by atoms with Crippen molar-refractivity contribution in [1.82, 2.24) is 4.57 Å². The summed E-state index contributed by atoms with van der Waals surface area (Å²) in [4.78, 5) is 4.07. The molecule has 1 aliphatic carbocycles. The Kier molecular flexibility index (Phi) is 9.41. The summed E-state index contributed by atoms with van der Waals surface area (Å²) in [6.45, 7) is 26.0. The van der Waals surface area contributed by atoms with Crippen LogP contribution in [0.1, 0.15) is 104 Å². The topological polar surface area (TPSA) is 8.17 Å². The van der Waals surface area contributed by atoms with Gasteiger partial charge in [-0.25, -0.2) is 0 Å². The number of anilines is 2. The highest BCUT2D eigenvalue weighted by Gasteiger charge is 2.50. The molecule has 12 aromatic rings. The summed E-state index contributed by atoms with van der Waals surface area (Å²) in [5.41, 5.74) is 25.0. The minimum absolute atomic E-state index is 0.00891. The van der Waals surface area contributed by atoms with E-state index in [4.69, 9.17) is 0 Å². The molecule has 0 bridgehead atoms. The van der Waals surface area contributed by atoms with Gasteiger partial charge in [-0.15, -0.1) is 22.7 Å². The standard InChI is InChI=1S/C71H61BN2S2/c1-68(2,3)42-26-30-45(31-27-42)74-55-39-59-48(47-34-44(70(7,8)9)29-33-57(47)75-59)36-50(55)62-61-46-24-18-19-25-52(46)71(10,11)64(61)63-49-35-43(69(4,5)6)28-32-54(49)73-56-37-51-58(38-53(56)72(74)65(62)66(63)73)76-67(41-22-16-13-17-23-41)60(51)40-20-14-12-15-21-40/h12-39H,1-11H3. The van der Waals surface area contributed by atoms with Gasteiger partial charge in [0.2, 0.25) is 0 Å². The van der Waals surface area contributed by atoms with Crippen LogP contribution in [-0.2, 0) is 21.7 Å². The fourth-order valence-electron chi connectivity index (χ4n) is 13.7. The molecule has 76 heavy (non-hydrogen) atoms. The number of nitrogens with zero attached hydrogens (tertiary/aromatic N) is 2. The molecule has 0 atom stereocenters. The summed E-state index contributed by atoms with van der Waals surface area (Å²) in [6.07, 6.45) is 0. The fourth-order valence-corrected chi connectivity index (χ4v) is 16.1. The highest BCUT2D eigenvalue weighted by molar-refractivity contribution is 7.26. The van der Waals surface area contributed by atoms with Gasteiger partial charge in [-0.3, -0.25) is 0 Å². The van der Waals surface area contributed by atoms with E-state index in [0.29, 0.717) is 0 Å². The second kappa shape index (κ2) is 15.5. The summed E-state index contributed by atoms with van der Waals surface area (Å²) >= 11 is 3.88. The molecule has 5 heterocycles. The average Bonchev–Trinajstić information content (AvgIpc) is 4.29. The van der Waals surface area contributed by atoms with E-state index in [1.807, 2.05) is 22.7 Å². The van der Waals surface area contributed by atoms with Gasteiger partial charge in [-0.1, -0.05) is 185 Å². The molecule has 0 fully saturated rings. The molecule has 0 unspecified atom stereocenters. The summed E-state index contributed by atoms with van der Waals surface area (Å²) in [6, 6.07) is 66.3. The maximum absolute atomic E-state index is 2.77. The molecule has 9 aromatic carbocycles. The van der Waals surface area contributed by atoms with Crippen molar-refractivity contribution < 1.29 is 0 Å². The Morgan fingerprint density at radius 1 is 0.461 bits per heavy atom. The van der Waals surface area contributed by atoms with Gasteiger partial charge in [-0.2, -0.15) is 0 Å². The second-order valence-corrected chi connectivity index (χ2v) is 27.8. The van der Waals surface area contributed by atoms with Crippen LogP contribution in [-0.4, -0.2) is 11.4 Å². The molecule has 15 rings (SSSR count). The van der Waals surface area contributed by atoms with E-state index in [1.54, 1.807) is 0 Å². The number of fused-ring (bicyclic) bond motifs is 17. The number of aromatic nitrogens is 1. The van der Waals surface area contributed by atoms with Gasteiger partial charge in [0.05, 0.1) is 11.0 Å². The van der Waals surface area contributed by atoms with Gasteiger partial charge >= 0.3 is 6.85 Å². The summed E-state index contributed by atoms with van der Waals surface area (Å²) in [7, 11) is 0. The third kappa shape index (κ3) is 6.33. The molecule has 3 aliphatic rings. The minimum Gasteiger partial charge on any atom is -0.376 e. The number of benzene rings is 9. The lowest BCUT2D eigenvalue weighted by Gasteiger charge is -2.43. The van der Waals surface area contributed by atoms with E-state index in [0.717, 1.165) is 0 Å². The highest BCUT2D eigenvalue weighted by Crippen LogP contribution is 2.60. The predicted octanol–water partition coefficient (Wildman–Crippen LogP) is 19.1. The Morgan fingerprint density at radius 3 is 1.76 bits per heavy atom. The smallest absolute Gasteiger partial charge is 0.333 e. The molecule has 0 N–H and O–H groups in total. The van der Waals surface area contributed by atoms with E-state index >= 15 is 0 Å². The normalized spacial score (nSPS) is 14.6. The first-order chi connectivity index (χ1) is 36.4. The molecular formula is C71H61BN2S2. The molecule has 2 aliphatic heterocycles. The number of thiophene rings is 2. The first kappa shape index (κ1) is 46.2. The van der Waals surface area contributed by atoms with Crippen molar-refractivity contribution in [1.29, 1.82) is 0 Å². The number of hydrogen-bond donors (Lipinski definition) is 0. The third-order valence-electron chi connectivity index (χ3n) is 17.6. The monoisotopic (exact) mass is 1020 g/mol. The molecule has 0 amide bonds. The molecule has 0 radical (unpaired) electrons. The number of hydrogen-bond acceptors (Lipinski definition) is 3. The third-order valence-corrected chi connectivity index (χ3v) is 19.9. The zero-order valence-corrected chi connectivity index (χ0v) is 47.1. The first-order valence-electron chi connectivity index (χ1n) is 27.3. The minimum atomic E-state index is -0.281. The van der Waals surface area contributed by atoms with Gasteiger partial charge in [0.25, 0.3) is 0 Å². The quantitative estimate of drug-likeness (QED) is 0.160. The number of rotatable bonds is 3. The lowest BCUT2D eigenvalue weighted by atomic mass is 9.43. The molecule has 5 heteroatoms. The molecule has 2 nitrogen and oxygen atoms in total. The Balaban J connectivity index is 1.17. The first-order valence-corrected chi connectivity index (χ1v) is 28.9. The van der Waals surface area contributed by atoms with Crippen molar-refractivity contribution >= 4 is 104 Å². The highest BCUT2D eigenvalue weighted by atomic mass is 32.1. The van der Waals surface area contributed by atoms with Crippen LogP contribution in [0, 0.1) is 0 Å². The molecule has 0 saturated heterocycles. The second-order valence-electron chi connectivity index (χ2n) is 25.7. The lowest BCUT2D eigenvalue weighted by molar-refractivity contribution is 0.590. The summed E-state index contributed by atoms with van der Waals surface area (Å²) in [5.74, 6) is 0. The average molecular weight is 1020 g/mol. The Bertz CT molecular complexity index is 4470. The van der Waals surface area contributed by atoms with Crippen LogP contribution in [0.4, 0.5) is 11.4 Å². The van der Waals surface area contributed by atoms with Crippen molar-refractivity contribution in [2.75, 3.05) is 4.81 Å². The van der Waals surface area contributed by atoms with E-state index < -0.39 is 0 Å². The van der Waals surface area contributed by atoms with E-state index in [9.17, 15) is 0 Å². The van der Waals surface area contributed by atoms with Crippen LogP contribution >= 0.6 is 22.7 Å². The van der Waals surface area contributed by atoms with Crippen LogP contribution in [0.5, 0.6) is 0 Å². The molecule has 0 saturated carbocycles. The summed E-state index contributed by atoms with van der Waals surface area (Å²) < 4.78 is 6.70. The largest absolute Gasteiger partial charge is 0.376 e. The Hall–Kier alpha value is -7.18. The van der Waals surface area contributed by atoms with Crippen LogP contribution < -0.4 is 15.7 Å². The summed E-state index contributed by atoms with van der Waals surface area (Å²) in [5, 5.41) is 6.73. The van der Waals surface area contributed by atoms with Gasteiger partial charge in [-0.05, 0) is 143 Å². The Morgan fingerprint density at radius 2 is 1.07 bits per heavy atom. The zero-order chi connectivity index (χ0) is 52.1. The van der Waals surface area contributed by atoms with Crippen LogP contribution in [0.3, 0.4) is 0 Å². The van der Waals surface area contributed by atoms with Crippen molar-refractivity contribution in [2.45, 2.75) is 97.8 Å². The van der Waals surface area contributed by atoms with E-state index in [-0.39, 0.29) is 28.5 Å². The van der Waals surface area contributed by atoms with Gasteiger partial charge < -0.3 is 9.38 Å². The van der Waals surface area contributed by atoms with Crippen molar-refractivity contribution in [3.63, 3.8) is 0 Å². The van der Waals surface area contributed by atoms with Crippen molar-refractivity contribution in [3.05, 3.63) is 198 Å². The molecular weight excluding hydrogens is 956 g/mol. The SMILES string of the molecule is CC(C)(C)c1ccc(N2B3c4cc5sc(-c6ccccc6)c(-c6ccccc6)c5cc4-n4c5ccc(C(C)(C)C)cc5c5c6c(c(c3c54)-c3cc4c(cc32)sc2ccc(C(C)(C)C)cc24)-c2ccccc2C6(C)C)cc1. The van der Waals surface area contributed by atoms with Crippen LogP contribution in [0.25, 0.3) is 102 Å². The fraction of sp³-hybridized carbons (Fsp3) is 0.211. The Labute approximate surface area is 455 Å². The molecule has 3 aromatic heterocycles. The van der Waals surface area contributed by atoms with Crippen LogP contribution in [0.15, 0.2) is 170 Å². The van der Waals surface area contributed by atoms with Gasteiger partial charge in [0.15, 0.2) is 0 Å². The van der Waals surface area contributed by atoms with Gasteiger partial charge in [0, 0.05) is 79.5 Å². The maximum Gasteiger partial charge on any atom is 0.333 e. The van der Waals surface area contributed by atoms with Crippen molar-refractivity contribution in [3.8, 4) is 49.5 Å². The zero-order valence-electron chi connectivity index (χ0n) is 45.5. The van der Waals surface area contributed by atoms with Gasteiger partial charge in [0.1, 0.15) is 0 Å². The predicted molar refractivity (Wildman–Crippen MR) is 333 cm³/mol. The maximum atomic E-state index is 2.77. The van der Waals surface area contributed by atoms with E-state index in [1.165, 1.54) is 152 Å². The van der Waals surface area contributed by atoms with E-state index in [2.05, 4.69) is 255 Å². The molecule has 370 valence electrons. The lowest BCUT2D eigenvalue weighted by Crippen LogP contribution is -2.60. The van der Waals surface area contributed by atoms with Crippen LogP contribution in [0.2, 0.25) is 0 Å². The van der Waals surface area contributed by atoms with Crippen molar-refractivity contribution in [2.24, 2.45) is 0 Å².